The van der Waals surface area contributed by atoms with E-state index in [1.54, 1.807) is 38.0 Å². The second-order valence-corrected chi connectivity index (χ2v) is 7.33. The number of pyridine rings is 1. The van der Waals surface area contributed by atoms with Crippen molar-refractivity contribution in [3.63, 3.8) is 0 Å². The van der Waals surface area contributed by atoms with E-state index in [9.17, 15) is 4.79 Å². The SMILES string of the molecule is COc1cc(CNC(=O)c2nc3nc(-c4ccccc4)c(Cl)cc3n2C)cc(OC)c1. The molecule has 0 fully saturated rings. The summed E-state index contributed by atoms with van der Waals surface area (Å²) in [5, 5.41) is 3.38. The normalized spacial score (nSPS) is 10.8. The first-order valence-electron chi connectivity index (χ1n) is 9.58. The lowest BCUT2D eigenvalue weighted by Crippen LogP contribution is -2.25. The van der Waals surface area contributed by atoms with Gasteiger partial charge in [-0.1, -0.05) is 41.9 Å². The minimum atomic E-state index is -0.320. The van der Waals surface area contributed by atoms with Gasteiger partial charge in [0.15, 0.2) is 5.65 Å². The number of methoxy groups -OCH3 is 2. The lowest BCUT2D eigenvalue weighted by Gasteiger charge is -2.09. The molecule has 1 N–H and O–H groups in total. The highest BCUT2D eigenvalue weighted by molar-refractivity contribution is 6.33. The van der Waals surface area contributed by atoms with E-state index in [2.05, 4.69) is 15.3 Å². The second-order valence-electron chi connectivity index (χ2n) is 6.93. The summed E-state index contributed by atoms with van der Waals surface area (Å²) in [6.07, 6.45) is 0. The molecular formula is C23H21ClN4O3. The molecular weight excluding hydrogens is 416 g/mol. The van der Waals surface area contributed by atoms with Gasteiger partial charge in [0.25, 0.3) is 5.91 Å². The van der Waals surface area contributed by atoms with Gasteiger partial charge in [-0.3, -0.25) is 4.79 Å². The molecule has 0 aliphatic carbocycles. The molecule has 158 valence electrons. The number of nitrogens with zero attached hydrogens (tertiary/aromatic N) is 3. The number of fused-ring (bicyclic) bond motifs is 1. The van der Waals surface area contributed by atoms with Gasteiger partial charge in [-0.2, -0.15) is 0 Å². The number of benzene rings is 2. The van der Waals surface area contributed by atoms with E-state index in [0.29, 0.717) is 39.9 Å². The largest absolute Gasteiger partial charge is 0.497 e. The lowest BCUT2D eigenvalue weighted by molar-refractivity contribution is 0.0938. The van der Waals surface area contributed by atoms with Gasteiger partial charge in [-0.25, -0.2) is 9.97 Å². The summed E-state index contributed by atoms with van der Waals surface area (Å²) in [6.45, 7) is 0.291. The molecule has 0 aliphatic rings. The summed E-state index contributed by atoms with van der Waals surface area (Å²) < 4.78 is 12.2. The van der Waals surface area contributed by atoms with E-state index in [1.807, 2.05) is 42.5 Å². The van der Waals surface area contributed by atoms with Crippen LogP contribution in [-0.4, -0.2) is 34.7 Å². The minimum absolute atomic E-state index is 0.249. The second kappa shape index (κ2) is 8.65. The van der Waals surface area contributed by atoms with Crippen molar-refractivity contribution in [2.24, 2.45) is 7.05 Å². The fraction of sp³-hybridized carbons (Fsp3) is 0.174. The van der Waals surface area contributed by atoms with Gasteiger partial charge in [-0.15, -0.1) is 0 Å². The van der Waals surface area contributed by atoms with Crippen LogP contribution >= 0.6 is 11.6 Å². The van der Waals surface area contributed by atoms with Gasteiger partial charge in [0.2, 0.25) is 5.82 Å². The van der Waals surface area contributed by atoms with Crippen LogP contribution < -0.4 is 14.8 Å². The number of rotatable bonds is 6. The summed E-state index contributed by atoms with van der Waals surface area (Å²) in [6, 6.07) is 16.9. The summed E-state index contributed by atoms with van der Waals surface area (Å²) in [5.74, 6) is 1.23. The maximum Gasteiger partial charge on any atom is 0.287 e. The number of amides is 1. The Balaban J connectivity index is 1.61. The Kier molecular flexibility index (Phi) is 5.77. The zero-order valence-corrected chi connectivity index (χ0v) is 18.1. The Hall–Kier alpha value is -3.58. The minimum Gasteiger partial charge on any atom is -0.497 e. The number of imidazole rings is 1. The molecule has 2 aromatic heterocycles. The Morgan fingerprint density at radius 1 is 1.03 bits per heavy atom. The van der Waals surface area contributed by atoms with Crippen LogP contribution in [0.5, 0.6) is 11.5 Å². The van der Waals surface area contributed by atoms with Gasteiger partial charge >= 0.3 is 0 Å². The van der Waals surface area contributed by atoms with Crippen molar-refractivity contribution in [2.45, 2.75) is 6.54 Å². The van der Waals surface area contributed by atoms with Gasteiger partial charge in [-0.05, 0) is 23.8 Å². The standard InChI is InChI=1S/C23H21ClN4O3/c1-28-19-12-18(24)20(15-7-5-4-6-8-15)26-21(19)27-22(28)23(29)25-13-14-9-16(30-2)11-17(10-14)31-3/h4-12H,13H2,1-3H3,(H,25,29). The predicted molar refractivity (Wildman–Crippen MR) is 120 cm³/mol. The van der Waals surface area contributed by atoms with Crippen LogP contribution in [0.3, 0.4) is 0 Å². The number of aromatic nitrogens is 3. The predicted octanol–water partition coefficient (Wildman–Crippen LogP) is 4.24. The van der Waals surface area contributed by atoms with Gasteiger partial charge in [0, 0.05) is 25.2 Å². The highest BCUT2D eigenvalue weighted by atomic mass is 35.5. The zero-order valence-electron chi connectivity index (χ0n) is 17.3. The van der Waals surface area contributed by atoms with E-state index < -0.39 is 0 Å². The van der Waals surface area contributed by atoms with Gasteiger partial charge in [0.05, 0.1) is 30.5 Å². The van der Waals surface area contributed by atoms with Crippen molar-refractivity contribution in [1.82, 2.24) is 19.9 Å². The summed E-state index contributed by atoms with van der Waals surface area (Å²) in [5.41, 5.74) is 3.49. The van der Waals surface area contributed by atoms with Crippen LogP contribution in [0.25, 0.3) is 22.4 Å². The number of aryl methyl sites for hydroxylation is 1. The third kappa shape index (κ3) is 4.18. The van der Waals surface area contributed by atoms with Gasteiger partial charge < -0.3 is 19.4 Å². The fourth-order valence-corrected chi connectivity index (χ4v) is 3.57. The maximum absolute atomic E-state index is 12.8. The van der Waals surface area contributed by atoms with E-state index in [0.717, 1.165) is 11.1 Å². The Bertz CT molecular complexity index is 1230. The number of hydrogen-bond donors (Lipinski definition) is 1. The summed E-state index contributed by atoms with van der Waals surface area (Å²) in [7, 11) is 4.93. The molecule has 2 aromatic carbocycles. The third-order valence-corrected chi connectivity index (χ3v) is 5.23. The molecule has 8 heteroatoms. The topological polar surface area (TPSA) is 78.3 Å². The first-order chi connectivity index (χ1) is 15.0. The van der Waals surface area contributed by atoms with Crippen molar-refractivity contribution in [3.05, 3.63) is 71.0 Å². The summed E-state index contributed by atoms with van der Waals surface area (Å²) >= 11 is 6.47. The summed E-state index contributed by atoms with van der Waals surface area (Å²) in [4.78, 5) is 21.9. The van der Waals surface area contributed by atoms with E-state index in [1.165, 1.54) is 0 Å². The quantitative estimate of drug-likeness (QED) is 0.489. The molecule has 0 saturated carbocycles. The number of hydrogen-bond acceptors (Lipinski definition) is 5. The monoisotopic (exact) mass is 436 g/mol. The van der Waals surface area contributed by atoms with Crippen LogP contribution in [0.4, 0.5) is 0 Å². The number of carbonyl (C=O) groups is 1. The van der Waals surface area contributed by atoms with Crippen LogP contribution in [0.1, 0.15) is 16.2 Å². The van der Waals surface area contributed by atoms with Gasteiger partial charge in [0.1, 0.15) is 11.5 Å². The number of carbonyl (C=O) groups excluding carboxylic acids is 1. The molecule has 7 nitrogen and oxygen atoms in total. The molecule has 0 bridgehead atoms. The molecule has 1 amide bonds. The molecule has 0 aliphatic heterocycles. The molecule has 2 heterocycles. The molecule has 0 unspecified atom stereocenters. The first-order valence-corrected chi connectivity index (χ1v) is 9.96. The maximum atomic E-state index is 12.8. The Labute approximate surface area is 184 Å². The van der Waals surface area contributed by atoms with Crippen molar-refractivity contribution < 1.29 is 14.3 Å². The first kappa shape index (κ1) is 20.7. The zero-order chi connectivity index (χ0) is 22.0. The Morgan fingerprint density at radius 2 is 1.71 bits per heavy atom. The van der Waals surface area contributed by atoms with Crippen LogP contribution in [0.2, 0.25) is 5.02 Å². The van der Waals surface area contributed by atoms with E-state index in [-0.39, 0.29) is 11.7 Å². The molecule has 0 saturated heterocycles. The van der Waals surface area contributed by atoms with Crippen molar-refractivity contribution >= 4 is 28.7 Å². The number of nitrogens with one attached hydrogen (secondary N) is 1. The highest BCUT2D eigenvalue weighted by Gasteiger charge is 2.18. The molecule has 4 rings (SSSR count). The van der Waals surface area contributed by atoms with Crippen molar-refractivity contribution in [2.75, 3.05) is 14.2 Å². The number of ether oxygens (including phenoxy) is 2. The highest BCUT2D eigenvalue weighted by Crippen LogP contribution is 2.29. The molecule has 0 radical (unpaired) electrons. The molecule has 4 aromatic rings. The molecule has 31 heavy (non-hydrogen) atoms. The average molecular weight is 437 g/mol. The fourth-order valence-electron chi connectivity index (χ4n) is 3.32. The number of halogens is 1. The van der Waals surface area contributed by atoms with Crippen LogP contribution in [0.15, 0.2) is 54.6 Å². The van der Waals surface area contributed by atoms with E-state index >= 15 is 0 Å². The van der Waals surface area contributed by atoms with E-state index in [4.69, 9.17) is 21.1 Å². The lowest BCUT2D eigenvalue weighted by atomic mass is 10.1. The smallest absolute Gasteiger partial charge is 0.287 e. The molecule has 0 atom stereocenters. The van der Waals surface area contributed by atoms with Crippen molar-refractivity contribution in [1.29, 1.82) is 0 Å². The Morgan fingerprint density at radius 3 is 2.35 bits per heavy atom. The molecule has 0 spiro atoms. The third-order valence-electron chi connectivity index (χ3n) is 4.94. The van der Waals surface area contributed by atoms with Crippen LogP contribution in [-0.2, 0) is 13.6 Å². The average Bonchev–Trinajstić information content (AvgIpc) is 3.12. The van der Waals surface area contributed by atoms with Crippen LogP contribution in [0, 0.1) is 0 Å². The van der Waals surface area contributed by atoms with Crippen molar-refractivity contribution in [3.8, 4) is 22.8 Å².